The van der Waals surface area contributed by atoms with Gasteiger partial charge in [0, 0.05) is 12.2 Å². The van der Waals surface area contributed by atoms with Crippen molar-refractivity contribution in [2.45, 2.75) is 33.7 Å². The zero-order chi connectivity index (χ0) is 11.3. The molecule has 1 fully saturated rings. The van der Waals surface area contributed by atoms with Crippen molar-refractivity contribution in [1.82, 2.24) is 4.98 Å². The van der Waals surface area contributed by atoms with Gasteiger partial charge in [0.15, 0.2) is 0 Å². The number of nitrogens with zero attached hydrogens (tertiary/aromatic N) is 1. The molecule has 0 amide bonds. The molecule has 3 nitrogen and oxygen atoms in total. The molecule has 15 heavy (non-hydrogen) atoms. The summed E-state index contributed by atoms with van der Waals surface area (Å²) in [6.45, 7) is 9.13. The predicted molar refractivity (Wildman–Crippen MR) is 63.6 cm³/mol. The summed E-state index contributed by atoms with van der Waals surface area (Å²) in [5.41, 5.74) is 8.07. The summed E-state index contributed by atoms with van der Waals surface area (Å²) in [7, 11) is 0. The Labute approximate surface area is 91.1 Å². The number of nitrogens with two attached hydrogens (primary N) is 1. The third-order valence-electron chi connectivity index (χ3n) is 4.09. The van der Waals surface area contributed by atoms with Crippen molar-refractivity contribution >= 4 is 11.4 Å². The zero-order valence-electron chi connectivity index (χ0n) is 9.83. The first-order chi connectivity index (χ1) is 6.85. The number of rotatable bonds is 2. The minimum Gasteiger partial charge on any atom is -0.397 e. The highest BCUT2D eigenvalue weighted by molar-refractivity contribution is 5.53. The topological polar surface area (TPSA) is 50.9 Å². The fourth-order valence-corrected chi connectivity index (χ4v) is 2.26. The van der Waals surface area contributed by atoms with Gasteiger partial charge in [-0.15, -0.1) is 0 Å². The van der Waals surface area contributed by atoms with Crippen molar-refractivity contribution in [3.8, 4) is 0 Å². The molecule has 1 heterocycles. The Morgan fingerprint density at radius 2 is 1.80 bits per heavy atom. The van der Waals surface area contributed by atoms with Crippen molar-refractivity contribution < 1.29 is 0 Å². The van der Waals surface area contributed by atoms with Gasteiger partial charge in [0.05, 0.1) is 17.6 Å². The van der Waals surface area contributed by atoms with Gasteiger partial charge in [-0.1, -0.05) is 27.7 Å². The lowest BCUT2D eigenvalue weighted by Crippen LogP contribution is -2.10. The summed E-state index contributed by atoms with van der Waals surface area (Å²) in [5.74, 6) is 0. The zero-order valence-corrected chi connectivity index (χ0v) is 9.83. The highest BCUT2D eigenvalue weighted by Crippen LogP contribution is 2.63. The molecule has 1 saturated carbocycles. The van der Waals surface area contributed by atoms with Crippen LogP contribution in [0.2, 0.25) is 0 Å². The second-order valence-corrected chi connectivity index (χ2v) is 5.53. The molecule has 2 rings (SSSR count). The van der Waals surface area contributed by atoms with Gasteiger partial charge in [0.1, 0.15) is 0 Å². The smallest absolute Gasteiger partial charge is 0.0549 e. The van der Waals surface area contributed by atoms with Crippen LogP contribution < -0.4 is 11.1 Å². The number of anilines is 2. The van der Waals surface area contributed by atoms with E-state index in [2.05, 4.69) is 38.0 Å². The van der Waals surface area contributed by atoms with E-state index in [9.17, 15) is 0 Å². The van der Waals surface area contributed by atoms with Crippen molar-refractivity contribution in [1.29, 1.82) is 0 Å². The van der Waals surface area contributed by atoms with Crippen LogP contribution in [0.3, 0.4) is 0 Å². The van der Waals surface area contributed by atoms with Crippen LogP contribution in [0.5, 0.6) is 0 Å². The molecule has 3 heteroatoms. The van der Waals surface area contributed by atoms with Crippen LogP contribution >= 0.6 is 0 Å². The van der Waals surface area contributed by atoms with E-state index in [1.54, 1.807) is 6.20 Å². The van der Waals surface area contributed by atoms with Gasteiger partial charge in [-0.3, -0.25) is 4.98 Å². The Bertz CT molecular complexity index is 368. The van der Waals surface area contributed by atoms with Gasteiger partial charge in [-0.25, -0.2) is 0 Å². The number of hydrogen-bond donors (Lipinski definition) is 2. The SMILES string of the molecule is CC1(C)C(Nc2cncc(N)c2)C1(C)C. The molecule has 1 aromatic rings. The lowest BCUT2D eigenvalue weighted by molar-refractivity contribution is 0.457. The van der Waals surface area contributed by atoms with Crippen LogP contribution in [-0.2, 0) is 0 Å². The average Bonchev–Trinajstić information content (AvgIpc) is 2.48. The molecule has 0 bridgehead atoms. The molecule has 1 aromatic heterocycles. The number of aromatic nitrogens is 1. The van der Waals surface area contributed by atoms with Crippen LogP contribution in [0, 0.1) is 10.8 Å². The Balaban J connectivity index is 2.12. The van der Waals surface area contributed by atoms with E-state index in [1.807, 2.05) is 12.3 Å². The summed E-state index contributed by atoms with van der Waals surface area (Å²) < 4.78 is 0. The highest BCUT2D eigenvalue weighted by Gasteiger charge is 2.64. The maximum atomic E-state index is 5.69. The largest absolute Gasteiger partial charge is 0.397 e. The summed E-state index contributed by atoms with van der Waals surface area (Å²) in [6.07, 6.45) is 3.48. The number of pyridine rings is 1. The average molecular weight is 205 g/mol. The monoisotopic (exact) mass is 205 g/mol. The van der Waals surface area contributed by atoms with Crippen molar-refractivity contribution in [2.75, 3.05) is 11.1 Å². The first-order valence-corrected chi connectivity index (χ1v) is 5.33. The number of nitrogens with one attached hydrogen (secondary N) is 1. The van der Waals surface area contributed by atoms with E-state index >= 15 is 0 Å². The summed E-state index contributed by atoms with van der Waals surface area (Å²) >= 11 is 0. The lowest BCUT2D eigenvalue weighted by atomic mass is 10.0. The van der Waals surface area contributed by atoms with Gasteiger partial charge < -0.3 is 11.1 Å². The van der Waals surface area contributed by atoms with Crippen LogP contribution in [0.15, 0.2) is 18.5 Å². The van der Waals surface area contributed by atoms with Crippen LogP contribution in [0.1, 0.15) is 27.7 Å². The van der Waals surface area contributed by atoms with Crippen molar-refractivity contribution in [2.24, 2.45) is 10.8 Å². The van der Waals surface area contributed by atoms with Crippen LogP contribution in [0.4, 0.5) is 11.4 Å². The Morgan fingerprint density at radius 1 is 1.20 bits per heavy atom. The van der Waals surface area contributed by atoms with Crippen LogP contribution in [-0.4, -0.2) is 11.0 Å². The third kappa shape index (κ3) is 1.46. The minimum atomic E-state index is 0.331. The molecule has 1 aliphatic carbocycles. The van der Waals surface area contributed by atoms with E-state index in [0.29, 0.717) is 22.6 Å². The van der Waals surface area contributed by atoms with E-state index in [4.69, 9.17) is 5.73 Å². The predicted octanol–water partition coefficient (Wildman–Crippen LogP) is 2.51. The summed E-state index contributed by atoms with van der Waals surface area (Å²) in [4.78, 5) is 4.07. The third-order valence-corrected chi connectivity index (χ3v) is 4.09. The highest BCUT2D eigenvalue weighted by atomic mass is 15.1. The molecule has 82 valence electrons. The number of hydrogen-bond acceptors (Lipinski definition) is 3. The van der Waals surface area contributed by atoms with Crippen molar-refractivity contribution in [3.63, 3.8) is 0 Å². The molecule has 0 atom stereocenters. The second-order valence-electron chi connectivity index (χ2n) is 5.53. The van der Waals surface area contributed by atoms with E-state index in [0.717, 1.165) is 5.69 Å². The maximum Gasteiger partial charge on any atom is 0.0549 e. The van der Waals surface area contributed by atoms with E-state index in [-0.39, 0.29) is 0 Å². The van der Waals surface area contributed by atoms with Gasteiger partial charge in [0.25, 0.3) is 0 Å². The lowest BCUT2D eigenvalue weighted by Gasteiger charge is -2.07. The molecule has 0 aromatic carbocycles. The van der Waals surface area contributed by atoms with Crippen LogP contribution in [0.25, 0.3) is 0 Å². The Hall–Kier alpha value is -1.25. The Morgan fingerprint density at radius 3 is 2.27 bits per heavy atom. The fraction of sp³-hybridized carbons (Fsp3) is 0.583. The summed E-state index contributed by atoms with van der Waals surface area (Å²) in [6, 6.07) is 2.42. The first kappa shape index (κ1) is 10.3. The second kappa shape index (κ2) is 2.87. The van der Waals surface area contributed by atoms with Gasteiger partial charge >= 0.3 is 0 Å². The van der Waals surface area contributed by atoms with Crippen molar-refractivity contribution in [3.05, 3.63) is 18.5 Å². The quantitative estimate of drug-likeness (QED) is 0.780. The molecule has 0 aliphatic heterocycles. The standard InChI is InChI=1S/C12H19N3/c1-11(2)10(12(11,3)4)15-9-5-8(13)6-14-7-9/h5-7,10,15H,13H2,1-4H3. The summed E-state index contributed by atoms with van der Waals surface area (Å²) in [5, 5.41) is 3.49. The number of nitrogen functional groups attached to an aromatic ring is 1. The van der Waals surface area contributed by atoms with E-state index < -0.39 is 0 Å². The molecular formula is C12H19N3. The fourth-order valence-electron chi connectivity index (χ4n) is 2.26. The molecule has 0 spiro atoms. The maximum absolute atomic E-state index is 5.69. The first-order valence-electron chi connectivity index (χ1n) is 5.33. The van der Waals surface area contributed by atoms with Gasteiger partial charge in [-0.05, 0) is 16.9 Å². The van der Waals surface area contributed by atoms with E-state index in [1.165, 1.54) is 0 Å². The minimum absolute atomic E-state index is 0.331. The molecule has 1 aliphatic rings. The normalized spacial score (nSPS) is 22.4. The molecule has 0 radical (unpaired) electrons. The molecule has 0 unspecified atom stereocenters. The Kier molecular flexibility index (Phi) is 1.97. The molecule has 3 N–H and O–H groups in total. The van der Waals surface area contributed by atoms with Gasteiger partial charge in [0.2, 0.25) is 0 Å². The molecular weight excluding hydrogens is 186 g/mol. The van der Waals surface area contributed by atoms with Gasteiger partial charge in [-0.2, -0.15) is 0 Å². The molecule has 0 saturated heterocycles.